The molecule has 0 fully saturated rings. The lowest BCUT2D eigenvalue weighted by Gasteiger charge is -2.08. The Morgan fingerprint density at radius 1 is 1.09 bits per heavy atom. The average Bonchev–Trinajstić information content (AvgIpc) is 2.95. The Morgan fingerprint density at radius 3 is 2.65 bits per heavy atom. The van der Waals surface area contributed by atoms with Crippen molar-refractivity contribution in [3.05, 3.63) is 71.9 Å². The number of hydrogen-bond donors (Lipinski definition) is 0. The van der Waals surface area contributed by atoms with Crippen LogP contribution in [-0.4, -0.2) is 17.8 Å². The zero-order chi connectivity index (χ0) is 16.4. The van der Waals surface area contributed by atoms with E-state index in [9.17, 15) is 8.78 Å². The molecule has 0 radical (unpaired) electrons. The molecule has 23 heavy (non-hydrogen) atoms. The van der Waals surface area contributed by atoms with Crippen molar-refractivity contribution in [1.82, 2.24) is 4.57 Å². The molecule has 0 saturated carbocycles. The van der Waals surface area contributed by atoms with Crippen LogP contribution < -0.4 is 0 Å². The van der Waals surface area contributed by atoms with E-state index in [1.165, 1.54) is 12.1 Å². The first-order valence-corrected chi connectivity index (χ1v) is 7.26. The van der Waals surface area contributed by atoms with Crippen molar-refractivity contribution in [3.8, 4) is 5.69 Å². The van der Waals surface area contributed by atoms with Crippen LogP contribution >= 0.6 is 0 Å². The molecule has 0 bridgehead atoms. The van der Waals surface area contributed by atoms with Gasteiger partial charge in [-0.1, -0.05) is 12.1 Å². The summed E-state index contributed by atoms with van der Waals surface area (Å²) in [6.07, 6.45) is 5.45. The topological polar surface area (TPSA) is 17.3 Å². The second-order valence-electron chi connectivity index (χ2n) is 5.31. The smallest absolute Gasteiger partial charge is 0.150 e. The average molecular weight is 310 g/mol. The first kappa shape index (κ1) is 15.2. The maximum absolute atomic E-state index is 14.1. The molecular weight excluding hydrogens is 294 g/mol. The summed E-state index contributed by atoms with van der Waals surface area (Å²) in [4.78, 5) is 3.95. The Kier molecular flexibility index (Phi) is 4.06. The molecule has 1 aromatic heterocycles. The molecule has 3 rings (SSSR count). The number of rotatable bonds is 3. The molecule has 0 N–H and O–H groups in total. The maximum Gasteiger partial charge on any atom is 0.150 e. The Balaban J connectivity index is 2.15. The Labute approximate surface area is 133 Å². The van der Waals surface area contributed by atoms with Crippen LogP contribution in [0.5, 0.6) is 0 Å². The third-order valence-corrected chi connectivity index (χ3v) is 3.79. The second kappa shape index (κ2) is 6.16. The van der Waals surface area contributed by atoms with Crippen molar-refractivity contribution in [3.63, 3.8) is 0 Å². The summed E-state index contributed by atoms with van der Waals surface area (Å²) in [5, 5.41) is 0.995. The van der Waals surface area contributed by atoms with Crippen LogP contribution in [0.1, 0.15) is 12.5 Å². The monoisotopic (exact) mass is 310 g/mol. The van der Waals surface area contributed by atoms with Crippen LogP contribution in [0.15, 0.2) is 59.7 Å². The first-order chi connectivity index (χ1) is 11.1. The van der Waals surface area contributed by atoms with Crippen LogP contribution in [-0.2, 0) is 0 Å². The summed E-state index contributed by atoms with van der Waals surface area (Å²) < 4.78 is 28.9. The predicted molar refractivity (Wildman–Crippen MR) is 91.3 cm³/mol. The standard InChI is InChI=1S/C19H16F2N2/c1-13(7-9-22-2)15-4-3-14-8-10-23(19(14)11-15)18-6-5-16(20)12-17(18)21/h3-12H,1-2H3/b13-7+,22-9?. The highest BCUT2D eigenvalue weighted by Crippen LogP contribution is 2.26. The van der Waals surface area contributed by atoms with Gasteiger partial charge in [-0.25, -0.2) is 8.78 Å². The number of aliphatic imine (C=N–C) groups is 1. The van der Waals surface area contributed by atoms with Gasteiger partial charge < -0.3 is 4.57 Å². The number of benzene rings is 2. The van der Waals surface area contributed by atoms with Gasteiger partial charge in [0.15, 0.2) is 0 Å². The van der Waals surface area contributed by atoms with E-state index in [0.717, 1.165) is 28.1 Å². The van der Waals surface area contributed by atoms with Crippen molar-refractivity contribution < 1.29 is 8.78 Å². The Morgan fingerprint density at radius 2 is 1.91 bits per heavy atom. The molecule has 0 atom stereocenters. The van der Waals surface area contributed by atoms with Gasteiger partial charge >= 0.3 is 0 Å². The van der Waals surface area contributed by atoms with E-state index >= 15 is 0 Å². The summed E-state index contributed by atoms with van der Waals surface area (Å²) >= 11 is 0. The number of allylic oxidation sites excluding steroid dienone is 2. The first-order valence-electron chi connectivity index (χ1n) is 7.26. The molecule has 2 nitrogen and oxygen atoms in total. The number of halogens is 2. The predicted octanol–water partition coefficient (Wildman–Crippen LogP) is 5.01. The van der Waals surface area contributed by atoms with Crippen LogP contribution in [0.3, 0.4) is 0 Å². The van der Waals surface area contributed by atoms with Crippen LogP contribution in [0.4, 0.5) is 8.78 Å². The minimum atomic E-state index is -0.585. The van der Waals surface area contributed by atoms with E-state index in [4.69, 9.17) is 0 Å². The summed E-state index contributed by atoms with van der Waals surface area (Å²) in [6.45, 7) is 1.99. The van der Waals surface area contributed by atoms with Crippen molar-refractivity contribution in [2.24, 2.45) is 4.99 Å². The zero-order valence-corrected chi connectivity index (χ0v) is 12.9. The van der Waals surface area contributed by atoms with Crippen molar-refractivity contribution >= 4 is 22.7 Å². The number of aromatic nitrogens is 1. The molecule has 0 spiro atoms. The fourth-order valence-corrected chi connectivity index (χ4v) is 2.54. The molecular formula is C19H16F2N2. The molecule has 1 heterocycles. The molecule has 0 aliphatic carbocycles. The molecule has 0 unspecified atom stereocenters. The van der Waals surface area contributed by atoms with E-state index in [1.807, 2.05) is 37.3 Å². The molecule has 116 valence electrons. The molecule has 0 saturated heterocycles. The fourth-order valence-electron chi connectivity index (χ4n) is 2.54. The molecule has 0 aliphatic heterocycles. The van der Waals surface area contributed by atoms with Gasteiger partial charge in [-0.05, 0) is 53.8 Å². The van der Waals surface area contributed by atoms with E-state index in [1.54, 1.807) is 24.0 Å². The van der Waals surface area contributed by atoms with Gasteiger partial charge in [0.1, 0.15) is 11.6 Å². The van der Waals surface area contributed by atoms with E-state index in [-0.39, 0.29) is 0 Å². The minimum Gasteiger partial charge on any atom is -0.314 e. The third-order valence-electron chi connectivity index (χ3n) is 3.79. The van der Waals surface area contributed by atoms with Crippen molar-refractivity contribution in [1.29, 1.82) is 0 Å². The van der Waals surface area contributed by atoms with Gasteiger partial charge in [0.25, 0.3) is 0 Å². The lowest BCUT2D eigenvalue weighted by molar-refractivity contribution is 0.578. The SMILES string of the molecule is CN=C/C=C(\C)c1ccc2ccn(-c3ccc(F)cc3F)c2c1. The number of nitrogens with zero attached hydrogens (tertiary/aromatic N) is 2. The fraction of sp³-hybridized carbons (Fsp3) is 0.105. The maximum atomic E-state index is 14.1. The lowest BCUT2D eigenvalue weighted by atomic mass is 10.1. The van der Waals surface area contributed by atoms with Crippen LogP contribution in [0, 0.1) is 11.6 Å². The van der Waals surface area contributed by atoms with E-state index in [0.29, 0.717) is 5.69 Å². The highest BCUT2D eigenvalue weighted by atomic mass is 19.1. The number of fused-ring (bicyclic) bond motifs is 1. The summed E-state index contributed by atoms with van der Waals surface area (Å²) in [5.41, 5.74) is 3.29. The van der Waals surface area contributed by atoms with Gasteiger partial charge in [0.05, 0.1) is 11.2 Å². The van der Waals surface area contributed by atoms with Crippen molar-refractivity contribution in [2.75, 3.05) is 7.05 Å². The largest absolute Gasteiger partial charge is 0.314 e. The van der Waals surface area contributed by atoms with Crippen LogP contribution in [0.2, 0.25) is 0 Å². The quantitative estimate of drug-likeness (QED) is 0.605. The van der Waals surface area contributed by atoms with Gasteiger partial charge in [0.2, 0.25) is 0 Å². The Hall–Kier alpha value is -2.75. The molecule has 4 heteroatoms. The molecule has 2 aromatic carbocycles. The molecule has 0 aliphatic rings. The minimum absolute atomic E-state index is 0.329. The van der Waals surface area contributed by atoms with Gasteiger partial charge in [0, 0.05) is 25.5 Å². The highest BCUT2D eigenvalue weighted by Gasteiger charge is 2.10. The van der Waals surface area contributed by atoms with Gasteiger partial charge in [-0.15, -0.1) is 0 Å². The lowest BCUT2D eigenvalue weighted by Crippen LogP contribution is -1.97. The third kappa shape index (κ3) is 2.93. The summed E-state index contributed by atoms with van der Waals surface area (Å²) in [6, 6.07) is 11.5. The van der Waals surface area contributed by atoms with E-state index < -0.39 is 11.6 Å². The second-order valence-corrected chi connectivity index (χ2v) is 5.31. The summed E-state index contributed by atoms with van der Waals surface area (Å²) in [5.74, 6) is -1.17. The highest BCUT2D eigenvalue weighted by molar-refractivity contribution is 5.89. The van der Waals surface area contributed by atoms with Gasteiger partial charge in [-0.2, -0.15) is 0 Å². The normalized spacial score (nSPS) is 12.4. The van der Waals surface area contributed by atoms with Crippen LogP contribution in [0.25, 0.3) is 22.2 Å². The molecule has 3 aromatic rings. The molecule has 0 amide bonds. The Bertz CT molecular complexity index is 920. The zero-order valence-electron chi connectivity index (χ0n) is 12.9. The number of hydrogen-bond acceptors (Lipinski definition) is 1. The van der Waals surface area contributed by atoms with Gasteiger partial charge in [-0.3, -0.25) is 4.99 Å². The van der Waals surface area contributed by atoms with E-state index in [2.05, 4.69) is 4.99 Å². The van der Waals surface area contributed by atoms with Crippen molar-refractivity contribution in [2.45, 2.75) is 6.92 Å². The summed E-state index contributed by atoms with van der Waals surface area (Å²) in [7, 11) is 1.72.